The van der Waals surface area contributed by atoms with Crippen molar-refractivity contribution in [2.24, 2.45) is 0 Å². The van der Waals surface area contributed by atoms with E-state index in [9.17, 15) is 4.79 Å². The van der Waals surface area contributed by atoms with Gasteiger partial charge in [-0.05, 0) is 32.9 Å². The predicted octanol–water partition coefficient (Wildman–Crippen LogP) is 2.23. The van der Waals surface area contributed by atoms with Crippen LogP contribution in [0.4, 0.5) is 5.69 Å². The van der Waals surface area contributed by atoms with Crippen molar-refractivity contribution in [3.05, 3.63) is 59.7 Å². The summed E-state index contributed by atoms with van der Waals surface area (Å²) < 4.78 is 1.88. The molecule has 3 heterocycles. The van der Waals surface area contributed by atoms with E-state index in [1.165, 1.54) is 0 Å². The van der Waals surface area contributed by atoms with E-state index in [0.717, 1.165) is 17.2 Å². The van der Waals surface area contributed by atoms with Crippen LogP contribution in [0.2, 0.25) is 0 Å². The Hall–Kier alpha value is -3.09. The van der Waals surface area contributed by atoms with Crippen LogP contribution < -0.4 is 5.32 Å². The molecule has 0 atom stereocenters. The SMILES string of the molecule is Cc1nc(C)n(-c2ncc(NC(=O)c3ccncc3)cn2)c1C. The van der Waals surface area contributed by atoms with Crippen LogP contribution in [0.1, 0.15) is 27.6 Å². The fraction of sp³-hybridized carbons (Fsp3) is 0.188. The molecule has 0 saturated heterocycles. The molecule has 0 aliphatic heterocycles. The van der Waals surface area contributed by atoms with Gasteiger partial charge in [-0.15, -0.1) is 0 Å². The molecule has 7 heteroatoms. The van der Waals surface area contributed by atoms with Crippen LogP contribution in [0.25, 0.3) is 5.95 Å². The van der Waals surface area contributed by atoms with E-state index in [-0.39, 0.29) is 5.91 Å². The van der Waals surface area contributed by atoms with Crippen molar-refractivity contribution in [3.8, 4) is 5.95 Å². The summed E-state index contributed by atoms with van der Waals surface area (Å²) in [5.74, 6) is 1.13. The number of carbonyl (C=O) groups is 1. The van der Waals surface area contributed by atoms with E-state index in [1.807, 2.05) is 25.3 Å². The Balaban J connectivity index is 1.81. The summed E-state index contributed by atoms with van der Waals surface area (Å²) in [5.41, 5.74) is 3.00. The van der Waals surface area contributed by atoms with Crippen LogP contribution in [-0.2, 0) is 0 Å². The molecule has 116 valence electrons. The lowest BCUT2D eigenvalue weighted by Gasteiger charge is -2.08. The lowest BCUT2D eigenvalue weighted by molar-refractivity contribution is 0.102. The third-order valence-electron chi connectivity index (χ3n) is 3.55. The summed E-state index contributed by atoms with van der Waals surface area (Å²) in [7, 11) is 0. The zero-order chi connectivity index (χ0) is 16.4. The molecule has 3 rings (SSSR count). The first-order chi connectivity index (χ1) is 11.1. The number of carbonyl (C=O) groups excluding carboxylic acids is 1. The first kappa shape index (κ1) is 14.8. The zero-order valence-electron chi connectivity index (χ0n) is 13.1. The highest BCUT2D eigenvalue weighted by molar-refractivity contribution is 6.03. The summed E-state index contributed by atoms with van der Waals surface area (Å²) in [6, 6.07) is 3.29. The molecule has 1 N–H and O–H groups in total. The lowest BCUT2D eigenvalue weighted by Crippen LogP contribution is -2.13. The molecule has 0 saturated carbocycles. The van der Waals surface area contributed by atoms with Crippen LogP contribution >= 0.6 is 0 Å². The molecule has 0 spiro atoms. The number of aromatic nitrogens is 5. The number of anilines is 1. The van der Waals surface area contributed by atoms with Gasteiger partial charge in [0.25, 0.3) is 5.91 Å². The number of aryl methyl sites for hydroxylation is 2. The second-order valence-electron chi connectivity index (χ2n) is 5.13. The minimum atomic E-state index is -0.227. The van der Waals surface area contributed by atoms with Gasteiger partial charge in [-0.1, -0.05) is 0 Å². The molecule has 0 bridgehead atoms. The highest BCUT2D eigenvalue weighted by atomic mass is 16.1. The molecular weight excluding hydrogens is 292 g/mol. The summed E-state index contributed by atoms with van der Waals surface area (Å²) in [5, 5.41) is 2.75. The lowest BCUT2D eigenvalue weighted by atomic mass is 10.2. The molecule has 0 aliphatic carbocycles. The van der Waals surface area contributed by atoms with Gasteiger partial charge in [0.05, 0.1) is 23.8 Å². The maximum Gasteiger partial charge on any atom is 0.255 e. The summed E-state index contributed by atoms with van der Waals surface area (Å²) in [6.45, 7) is 5.82. The van der Waals surface area contributed by atoms with Gasteiger partial charge in [-0.3, -0.25) is 14.3 Å². The van der Waals surface area contributed by atoms with Gasteiger partial charge in [-0.25, -0.2) is 15.0 Å². The average molecular weight is 308 g/mol. The number of hydrogen-bond acceptors (Lipinski definition) is 5. The van der Waals surface area contributed by atoms with Crippen molar-refractivity contribution in [3.63, 3.8) is 0 Å². The Morgan fingerprint density at radius 1 is 1.09 bits per heavy atom. The fourth-order valence-corrected chi connectivity index (χ4v) is 2.28. The Labute approximate surface area is 133 Å². The first-order valence-electron chi connectivity index (χ1n) is 7.12. The van der Waals surface area contributed by atoms with E-state index in [0.29, 0.717) is 17.2 Å². The number of hydrogen-bond donors (Lipinski definition) is 1. The molecule has 0 aliphatic rings. The van der Waals surface area contributed by atoms with Crippen molar-refractivity contribution in [2.75, 3.05) is 5.32 Å². The van der Waals surface area contributed by atoms with Crippen LogP contribution in [0.3, 0.4) is 0 Å². The predicted molar refractivity (Wildman–Crippen MR) is 85.6 cm³/mol. The number of pyridine rings is 1. The Bertz CT molecular complexity index is 839. The van der Waals surface area contributed by atoms with Gasteiger partial charge >= 0.3 is 0 Å². The average Bonchev–Trinajstić information content (AvgIpc) is 2.82. The largest absolute Gasteiger partial charge is 0.319 e. The molecule has 3 aromatic heterocycles. The third kappa shape index (κ3) is 2.94. The molecular formula is C16H16N6O. The topological polar surface area (TPSA) is 85.6 Å². The van der Waals surface area contributed by atoms with E-state index < -0.39 is 0 Å². The summed E-state index contributed by atoms with van der Waals surface area (Å²) in [6.07, 6.45) is 6.30. The molecule has 0 aromatic carbocycles. The summed E-state index contributed by atoms with van der Waals surface area (Å²) >= 11 is 0. The van der Waals surface area contributed by atoms with Crippen molar-refractivity contribution in [1.82, 2.24) is 24.5 Å². The van der Waals surface area contributed by atoms with Crippen molar-refractivity contribution >= 4 is 11.6 Å². The molecule has 0 radical (unpaired) electrons. The minimum absolute atomic E-state index is 0.227. The van der Waals surface area contributed by atoms with Crippen molar-refractivity contribution in [2.45, 2.75) is 20.8 Å². The molecule has 3 aromatic rings. The standard InChI is InChI=1S/C16H16N6O/c1-10-11(2)22(12(3)20-10)16-18-8-14(9-19-16)21-15(23)13-4-6-17-7-5-13/h4-9H,1-3H3,(H,21,23). The molecule has 23 heavy (non-hydrogen) atoms. The number of nitrogens with zero attached hydrogens (tertiary/aromatic N) is 5. The Kier molecular flexibility index (Phi) is 3.84. The smallest absolute Gasteiger partial charge is 0.255 e. The fourth-order valence-electron chi connectivity index (χ4n) is 2.28. The highest BCUT2D eigenvalue weighted by Gasteiger charge is 2.12. The summed E-state index contributed by atoms with van der Waals surface area (Å²) in [4.78, 5) is 29.0. The maximum atomic E-state index is 12.1. The van der Waals surface area contributed by atoms with Gasteiger partial charge in [0.15, 0.2) is 0 Å². The van der Waals surface area contributed by atoms with Gasteiger partial charge < -0.3 is 5.32 Å². The molecule has 7 nitrogen and oxygen atoms in total. The third-order valence-corrected chi connectivity index (χ3v) is 3.55. The maximum absolute atomic E-state index is 12.1. The minimum Gasteiger partial charge on any atom is -0.319 e. The number of amides is 1. The van der Waals surface area contributed by atoms with E-state index in [2.05, 4.69) is 25.3 Å². The van der Waals surface area contributed by atoms with Crippen LogP contribution in [-0.4, -0.2) is 30.4 Å². The molecule has 0 fully saturated rings. The van der Waals surface area contributed by atoms with Gasteiger partial charge in [-0.2, -0.15) is 0 Å². The van der Waals surface area contributed by atoms with Gasteiger partial charge in [0.1, 0.15) is 5.82 Å². The van der Waals surface area contributed by atoms with Crippen LogP contribution in [0, 0.1) is 20.8 Å². The van der Waals surface area contributed by atoms with E-state index in [1.54, 1.807) is 36.9 Å². The van der Waals surface area contributed by atoms with Crippen molar-refractivity contribution < 1.29 is 4.79 Å². The molecule has 1 amide bonds. The Morgan fingerprint density at radius 3 is 2.30 bits per heavy atom. The van der Waals surface area contributed by atoms with Gasteiger partial charge in [0.2, 0.25) is 5.95 Å². The first-order valence-corrected chi connectivity index (χ1v) is 7.12. The quantitative estimate of drug-likeness (QED) is 0.802. The second kappa shape index (κ2) is 5.96. The molecule has 0 unspecified atom stereocenters. The normalized spacial score (nSPS) is 10.6. The van der Waals surface area contributed by atoms with E-state index in [4.69, 9.17) is 0 Å². The van der Waals surface area contributed by atoms with Crippen LogP contribution in [0.5, 0.6) is 0 Å². The van der Waals surface area contributed by atoms with E-state index >= 15 is 0 Å². The monoisotopic (exact) mass is 308 g/mol. The van der Waals surface area contributed by atoms with Crippen molar-refractivity contribution in [1.29, 1.82) is 0 Å². The van der Waals surface area contributed by atoms with Gasteiger partial charge in [0, 0.05) is 23.7 Å². The number of imidazole rings is 1. The number of rotatable bonds is 3. The zero-order valence-corrected chi connectivity index (χ0v) is 13.1. The highest BCUT2D eigenvalue weighted by Crippen LogP contribution is 2.15. The second-order valence-corrected chi connectivity index (χ2v) is 5.13. The number of nitrogens with one attached hydrogen (secondary N) is 1. The van der Waals surface area contributed by atoms with Crippen LogP contribution in [0.15, 0.2) is 36.9 Å². The Morgan fingerprint density at radius 2 is 1.74 bits per heavy atom.